The van der Waals surface area contributed by atoms with E-state index in [0.29, 0.717) is 5.56 Å². The van der Waals surface area contributed by atoms with Crippen molar-refractivity contribution in [2.45, 2.75) is 19.4 Å². The molecule has 2 aromatic rings. The van der Waals surface area contributed by atoms with Crippen LogP contribution in [0, 0.1) is 0 Å². The maximum atomic E-state index is 12.1. The molecule has 0 heterocycles. The van der Waals surface area contributed by atoms with Crippen LogP contribution in [0.4, 0.5) is 5.69 Å². The van der Waals surface area contributed by atoms with Gasteiger partial charge in [-0.1, -0.05) is 35.0 Å². The second-order valence-electron chi connectivity index (χ2n) is 6.10. The van der Waals surface area contributed by atoms with E-state index in [2.05, 4.69) is 21.2 Å². The summed E-state index contributed by atoms with van der Waals surface area (Å²) in [5, 5.41) is 2.90. The first kappa shape index (κ1) is 20.0. The highest BCUT2D eigenvalue weighted by Gasteiger charge is 2.15. The van der Waals surface area contributed by atoms with E-state index in [9.17, 15) is 9.59 Å². The highest BCUT2D eigenvalue weighted by atomic mass is 79.9. The van der Waals surface area contributed by atoms with E-state index in [4.69, 9.17) is 4.74 Å². The Morgan fingerprint density at radius 3 is 2.23 bits per heavy atom. The quantitative estimate of drug-likeness (QED) is 0.691. The molecule has 138 valence electrons. The third-order valence-electron chi connectivity index (χ3n) is 3.97. The van der Waals surface area contributed by atoms with Crippen molar-refractivity contribution in [1.29, 1.82) is 0 Å². The molecular formula is C20H23BrN2O3. The predicted octanol–water partition coefficient (Wildman–Crippen LogP) is 3.94. The van der Waals surface area contributed by atoms with Crippen LogP contribution in [-0.4, -0.2) is 32.6 Å². The second-order valence-corrected chi connectivity index (χ2v) is 7.01. The zero-order valence-electron chi connectivity index (χ0n) is 15.2. The summed E-state index contributed by atoms with van der Waals surface area (Å²) < 4.78 is 6.10. The molecule has 0 fully saturated rings. The molecule has 5 nitrogen and oxygen atoms in total. The summed E-state index contributed by atoms with van der Waals surface area (Å²) in [5.41, 5.74) is 2.41. The zero-order chi connectivity index (χ0) is 19.1. The standard InChI is InChI=1S/C20H23BrN2O3/c1-4-18(14-5-9-16(21)10-6-14)22-19(24)13-26-20(25)15-7-11-17(12-8-15)23(2)3/h5-12,18H,4,13H2,1-3H3,(H,22,24)/t18-/m1/s1. The van der Waals surface area contributed by atoms with Gasteiger partial charge in [0.25, 0.3) is 5.91 Å². The van der Waals surface area contributed by atoms with E-state index in [1.807, 2.05) is 62.3 Å². The fourth-order valence-electron chi connectivity index (χ4n) is 2.46. The number of anilines is 1. The average Bonchev–Trinajstić information content (AvgIpc) is 2.65. The number of hydrogen-bond donors (Lipinski definition) is 1. The highest BCUT2D eigenvalue weighted by Crippen LogP contribution is 2.19. The molecule has 1 atom stereocenters. The Labute approximate surface area is 162 Å². The summed E-state index contributed by atoms with van der Waals surface area (Å²) in [7, 11) is 3.85. The summed E-state index contributed by atoms with van der Waals surface area (Å²) in [6.07, 6.45) is 0.743. The minimum absolute atomic E-state index is 0.117. The third-order valence-corrected chi connectivity index (χ3v) is 4.50. The Bertz CT molecular complexity index is 743. The van der Waals surface area contributed by atoms with Gasteiger partial charge in [0.05, 0.1) is 11.6 Å². The largest absolute Gasteiger partial charge is 0.452 e. The molecule has 2 rings (SSSR count). The smallest absolute Gasteiger partial charge is 0.338 e. The van der Waals surface area contributed by atoms with Crippen molar-refractivity contribution in [3.63, 3.8) is 0 Å². The van der Waals surface area contributed by atoms with Gasteiger partial charge in [-0.2, -0.15) is 0 Å². The Kier molecular flexibility index (Phi) is 7.21. The monoisotopic (exact) mass is 418 g/mol. The number of amides is 1. The van der Waals surface area contributed by atoms with Crippen LogP contribution in [0.25, 0.3) is 0 Å². The van der Waals surface area contributed by atoms with Crippen molar-refractivity contribution in [1.82, 2.24) is 5.32 Å². The molecule has 2 aromatic carbocycles. The first-order valence-electron chi connectivity index (χ1n) is 8.40. The van der Waals surface area contributed by atoms with E-state index in [1.165, 1.54) is 0 Å². The van der Waals surface area contributed by atoms with Crippen molar-refractivity contribution >= 4 is 33.5 Å². The number of nitrogens with zero attached hydrogens (tertiary/aromatic N) is 1. The Balaban J connectivity index is 1.88. The number of halogens is 1. The molecule has 0 spiro atoms. The molecule has 0 bridgehead atoms. The number of ether oxygens (including phenoxy) is 1. The first-order valence-corrected chi connectivity index (χ1v) is 9.19. The molecular weight excluding hydrogens is 396 g/mol. The number of nitrogens with one attached hydrogen (secondary N) is 1. The highest BCUT2D eigenvalue weighted by molar-refractivity contribution is 9.10. The number of hydrogen-bond acceptors (Lipinski definition) is 4. The lowest BCUT2D eigenvalue weighted by molar-refractivity contribution is -0.125. The van der Waals surface area contributed by atoms with E-state index in [0.717, 1.165) is 22.1 Å². The van der Waals surface area contributed by atoms with E-state index >= 15 is 0 Å². The minimum atomic E-state index is -0.512. The van der Waals surface area contributed by atoms with Crippen LogP contribution in [0.1, 0.15) is 35.3 Å². The summed E-state index contributed by atoms with van der Waals surface area (Å²) in [4.78, 5) is 26.1. The van der Waals surface area contributed by atoms with Gasteiger partial charge in [0.15, 0.2) is 6.61 Å². The molecule has 0 saturated carbocycles. The van der Waals surface area contributed by atoms with Crippen LogP contribution in [0.3, 0.4) is 0 Å². The normalized spacial score (nSPS) is 11.5. The van der Waals surface area contributed by atoms with Crippen molar-refractivity contribution in [2.24, 2.45) is 0 Å². The van der Waals surface area contributed by atoms with Crippen molar-refractivity contribution < 1.29 is 14.3 Å². The topological polar surface area (TPSA) is 58.6 Å². The number of benzene rings is 2. The molecule has 0 saturated heterocycles. The van der Waals surface area contributed by atoms with Crippen molar-refractivity contribution in [3.8, 4) is 0 Å². The zero-order valence-corrected chi connectivity index (χ0v) is 16.7. The van der Waals surface area contributed by atoms with Gasteiger partial charge in [0.1, 0.15) is 0 Å². The Hall–Kier alpha value is -2.34. The SMILES string of the molecule is CC[C@@H](NC(=O)COC(=O)c1ccc(N(C)C)cc1)c1ccc(Br)cc1. The van der Waals surface area contributed by atoms with Crippen LogP contribution in [0.5, 0.6) is 0 Å². The molecule has 0 aliphatic heterocycles. The van der Waals surface area contributed by atoms with Crippen molar-refractivity contribution in [2.75, 3.05) is 25.6 Å². The van der Waals surface area contributed by atoms with E-state index < -0.39 is 5.97 Å². The van der Waals surface area contributed by atoms with Crippen LogP contribution < -0.4 is 10.2 Å². The van der Waals surface area contributed by atoms with Crippen LogP contribution >= 0.6 is 15.9 Å². The van der Waals surface area contributed by atoms with Crippen LogP contribution in [0.2, 0.25) is 0 Å². The molecule has 0 aromatic heterocycles. The van der Waals surface area contributed by atoms with Crippen LogP contribution in [0.15, 0.2) is 53.0 Å². The summed E-state index contributed by atoms with van der Waals surface area (Å²) in [5.74, 6) is -0.833. The van der Waals surface area contributed by atoms with E-state index in [-0.39, 0.29) is 18.6 Å². The minimum Gasteiger partial charge on any atom is -0.452 e. The van der Waals surface area contributed by atoms with Crippen LogP contribution in [-0.2, 0) is 9.53 Å². The number of esters is 1. The Morgan fingerprint density at radius 2 is 1.69 bits per heavy atom. The maximum Gasteiger partial charge on any atom is 0.338 e. The molecule has 0 aliphatic carbocycles. The van der Waals surface area contributed by atoms with E-state index in [1.54, 1.807) is 12.1 Å². The number of carbonyl (C=O) groups excluding carboxylic acids is 2. The summed E-state index contributed by atoms with van der Waals surface area (Å²) >= 11 is 3.40. The predicted molar refractivity (Wildman–Crippen MR) is 106 cm³/mol. The molecule has 0 radical (unpaired) electrons. The van der Waals surface area contributed by atoms with Gasteiger partial charge < -0.3 is 15.0 Å². The van der Waals surface area contributed by atoms with Gasteiger partial charge in [-0.3, -0.25) is 4.79 Å². The number of carbonyl (C=O) groups is 2. The van der Waals surface area contributed by atoms with Crippen molar-refractivity contribution in [3.05, 3.63) is 64.1 Å². The van der Waals surface area contributed by atoms with Gasteiger partial charge in [0.2, 0.25) is 0 Å². The molecule has 0 unspecified atom stereocenters. The lowest BCUT2D eigenvalue weighted by atomic mass is 10.0. The summed E-state index contributed by atoms with van der Waals surface area (Å²) in [6, 6.07) is 14.7. The van der Waals surface area contributed by atoms with Gasteiger partial charge >= 0.3 is 5.97 Å². The number of rotatable bonds is 7. The van der Waals surface area contributed by atoms with Gasteiger partial charge in [-0.15, -0.1) is 0 Å². The average molecular weight is 419 g/mol. The lowest BCUT2D eigenvalue weighted by Crippen LogP contribution is -2.32. The fraction of sp³-hybridized carbons (Fsp3) is 0.300. The van der Waals surface area contributed by atoms with Gasteiger partial charge in [-0.05, 0) is 48.4 Å². The third kappa shape index (κ3) is 5.59. The molecule has 0 aliphatic rings. The first-order chi connectivity index (χ1) is 12.4. The Morgan fingerprint density at radius 1 is 1.08 bits per heavy atom. The maximum absolute atomic E-state index is 12.1. The fourth-order valence-corrected chi connectivity index (χ4v) is 2.73. The lowest BCUT2D eigenvalue weighted by Gasteiger charge is -2.17. The molecule has 1 amide bonds. The van der Waals surface area contributed by atoms with Gasteiger partial charge in [0, 0.05) is 24.3 Å². The molecule has 1 N–H and O–H groups in total. The summed E-state index contributed by atoms with van der Waals surface area (Å²) in [6.45, 7) is 1.69. The molecule has 6 heteroatoms. The second kappa shape index (κ2) is 9.38. The van der Waals surface area contributed by atoms with Gasteiger partial charge in [-0.25, -0.2) is 4.79 Å². The molecule has 26 heavy (non-hydrogen) atoms.